The number of ether oxygens (including phenoxy) is 1. The predicted molar refractivity (Wildman–Crippen MR) is 75.2 cm³/mol. The van der Waals surface area contributed by atoms with E-state index >= 15 is 0 Å². The Morgan fingerprint density at radius 3 is 2.75 bits per heavy atom. The number of aromatic nitrogens is 2. The highest BCUT2D eigenvalue weighted by molar-refractivity contribution is 5.86. The number of nitrogen functional groups attached to an aromatic ring is 1. The maximum atomic E-state index is 13.1. The van der Waals surface area contributed by atoms with Crippen molar-refractivity contribution < 1.29 is 9.13 Å². The van der Waals surface area contributed by atoms with Crippen molar-refractivity contribution in [3.8, 4) is 11.6 Å². The minimum atomic E-state index is -0.296. The van der Waals surface area contributed by atoms with Gasteiger partial charge in [-0.25, -0.2) is 14.4 Å². The first-order chi connectivity index (χ1) is 9.63. The van der Waals surface area contributed by atoms with Crippen molar-refractivity contribution in [2.24, 2.45) is 0 Å². The van der Waals surface area contributed by atoms with Gasteiger partial charge in [0.2, 0.25) is 5.88 Å². The first-order valence-corrected chi connectivity index (χ1v) is 6.08. The highest BCUT2D eigenvalue weighted by atomic mass is 19.1. The van der Waals surface area contributed by atoms with E-state index in [-0.39, 0.29) is 5.82 Å². The van der Waals surface area contributed by atoms with Crippen LogP contribution in [0.5, 0.6) is 11.6 Å². The van der Waals surface area contributed by atoms with E-state index in [2.05, 4.69) is 9.97 Å². The lowest BCUT2D eigenvalue weighted by Crippen LogP contribution is -1.94. The van der Waals surface area contributed by atoms with Gasteiger partial charge >= 0.3 is 0 Å². The molecule has 20 heavy (non-hydrogen) atoms. The summed E-state index contributed by atoms with van der Waals surface area (Å²) in [5.74, 6) is 0.683. The van der Waals surface area contributed by atoms with Crippen LogP contribution < -0.4 is 10.5 Å². The summed E-state index contributed by atoms with van der Waals surface area (Å²) in [4.78, 5) is 8.28. The summed E-state index contributed by atoms with van der Waals surface area (Å²) in [6.07, 6.45) is 1.41. The molecule has 0 aliphatic heterocycles. The molecule has 4 nitrogen and oxygen atoms in total. The molecule has 0 aliphatic rings. The highest BCUT2D eigenvalue weighted by Crippen LogP contribution is 2.29. The second-order valence-electron chi connectivity index (χ2n) is 4.47. The van der Waals surface area contributed by atoms with Crippen molar-refractivity contribution in [3.63, 3.8) is 0 Å². The van der Waals surface area contributed by atoms with Gasteiger partial charge in [0.05, 0.1) is 10.9 Å². The molecule has 100 valence electrons. The summed E-state index contributed by atoms with van der Waals surface area (Å²) >= 11 is 0. The summed E-state index contributed by atoms with van der Waals surface area (Å²) in [5.41, 5.74) is 7.75. The van der Waals surface area contributed by atoms with E-state index in [1.54, 1.807) is 31.2 Å². The van der Waals surface area contributed by atoms with Crippen LogP contribution in [0.2, 0.25) is 0 Å². The maximum absolute atomic E-state index is 13.1. The molecule has 2 aromatic carbocycles. The second-order valence-corrected chi connectivity index (χ2v) is 4.47. The SMILES string of the molecule is Cc1cc(F)ccc1Oc1ncnc2cc(N)ccc12. The van der Waals surface area contributed by atoms with Gasteiger partial charge in [-0.2, -0.15) is 0 Å². The number of rotatable bonds is 2. The maximum Gasteiger partial charge on any atom is 0.230 e. The standard InChI is InChI=1S/C15H12FN3O/c1-9-6-10(16)2-5-14(9)20-15-12-4-3-11(17)7-13(12)18-8-19-15/h2-8H,17H2,1H3. The van der Waals surface area contributed by atoms with Gasteiger partial charge in [-0.15, -0.1) is 0 Å². The van der Waals surface area contributed by atoms with Crippen LogP contribution in [0.1, 0.15) is 5.56 Å². The fraction of sp³-hybridized carbons (Fsp3) is 0.0667. The quantitative estimate of drug-likeness (QED) is 0.724. The molecule has 5 heteroatoms. The summed E-state index contributed by atoms with van der Waals surface area (Å²) in [6, 6.07) is 9.66. The number of hydrogen-bond acceptors (Lipinski definition) is 4. The monoisotopic (exact) mass is 269 g/mol. The van der Waals surface area contributed by atoms with Crippen molar-refractivity contribution in [1.29, 1.82) is 0 Å². The van der Waals surface area contributed by atoms with Gasteiger partial charge in [-0.3, -0.25) is 0 Å². The lowest BCUT2D eigenvalue weighted by atomic mass is 10.2. The Morgan fingerprint density at radius 1 is 1.10 bits per heavy atom. The number of aryl methyl sites for hydroxylation is 1. The van der Waals surface area contributed by atoms with Crippen LogP contribution in [0.4, 0.5) is 10.1 Å². The van der Waals surface area contributed by atoms with Gasteiger partial charge in [-0.05, 0) is 48.9 Å². The zero-order valence-electron chi connectivity index (χ0n) is 10.8. The molecule has 3 rings (SSSR count). The molecule has 2 N–H and O–H groups in total. The minimum Gasteiger partial charge on any atom is -0.438 e. The molecular formula is C15H12FN3O. The number of nitrogens with zero attached hydrogens (tertiary/aromatic N) is 2. The lowest BCUT2D eigenvalue weighted by Gasteiger charge is -2.09. The summed E-state index contributed by atoms with van der Waals surface area (Å²) in [7, 11) is 0. The fourth-order valence-electron chi connectivity index (χ4n) is 1.96. The first-order valence-electron chi connectivity index (χ1n) is 6.08. The van der Waals surface area contributed by atoms with E-state index < -0.39 is 0 Å². The highest BCUT2D eigenvalue weighted by Gasteiger charge is 2.08. The van der Waals surface area contributed by atoms with E-state index in [1.807, 2.05) is 0 Å². The largest absolute Gasteiger partial charge is 0.438 e. The minimum absolute atomic E-state index is 0.296. The van der Waals surface area contributed by atoms with Crippen LogP contribution in [0.25, 0.3) is 10.9 Å². The van der Waals surface area contributed by atoms with E-state index in [0.29, 0.717) is 28.4 Å². The number of hydrogen-bond donors (Lipinski definition) is 1. The molecular weight excluding hydrogens is 257 g/mol. The Hall–Kier alpha value is -2.69. The molecule has 1 aromatic heterocycles. The van der Waals surface area contributed by atoms with Gasteiger partial charge in [0, 0.05) is 5.69 Å². The van der Waals surface area contributed by atoms with Crippen molar-refractivity contribution in [2.75, 3.05) is 5.73 Å². The van der Waals surface area contributed by atoms with Crippen molar-refractivity contribution in [3.05, 3.63) is 54.1 Å². The topological polar surface area (TPSA) is 61.0 Å². The van der Waals surface area contributed by atoms with E-state index in [9.17, 15) is 4.39 Å². The van der Waals surface area contributed by atoms with E-state index in [4.69, 9.17) is 10.5 Å². The second kappa shape index (κ2) is 4.77. The van der Waals surface area contributed by atoms with Crippen LogP contribution in [0.15, 0.2) is 42.7 Å². The smallest absolute Gasteiger partial charge is 0.230 e. The predicted octanol–water partition coefficient (Wildman–Crippen LogP) is 3.45. The summed E-state index contributed by atoms with van der Waals surface area (Å²) in [6.45, 7) is 1.78. The Kier molecular flexibility index (Phi) is 2.95. The third kappa shape index (κ3) is 2.25. The van der Waals surface area contributed by atoms with E-state index in [0.717, 1.165) is 5.39 Å². The van der Waals surface area contributed by atoms with Gasteiger partial charge in [-0.1, -0.05) is 0 Å². The fourth-order valence-corrected chi connectivity index (χ4v) is 1.96. The van der Waals surface area contributed by atoms with Crippen molar-refractivity contribution in [2.45, 2.75) is 6.92 Å². The zero-order chi connectivity index (χ0) is 14.1. The number of benzene rings is 2. The molecule has 0 bridgehead atoms. The lowest BCUT2D eigenvalue weighted by molar-refractivity contribution is 0.462. The molecule has 0 radical (unpaired) electrons. The van der Waals surface area contributed by atoms with Crippen LogP contribution in [-0.4, -0.2) is 9.97 Å². The van der Waals surface area contributed by atoms with Crippen LogP contribution in [0.3, 0.4) is 0 Å². The molecule has 0 saturated heterocycles. The molecule has 0 fully saturated rings. The third-order valence-corrected chi connectivity index (χ3v) is 2.97. The Morgan fingerprint density at radius 2 is 1.95 bits per heavy atom. The van der Waals surface area contributed by atoms with E-state index in [1.165, 1.54) is 18.5 Å². The van der Waals surface area contributed by atoms with Crippen LogP contribution >= 0.6 is 0 Å². The van der Waals surface area contributed by atoms with Crippen LogP contribution in [0, 0.1) is 12.7 Å². The van der Waals surface area contributed by atoms with Gasteiger partial charge < -0.3 is 10.5 Å². The number of halogens is 1. The molecule has 0 saturated carbocycles. The average Bonchev–Trinajstić information content (AvgIpc) is 2.41. The number of fused-ring (bicyclic) bond motifs is 1. The molecule has 0 spiro atoms. The molecule has 0 amide bonds. The van der Waals surface area contributed by atoms with Crippen molar-refractivity contribution in [1.82, 2.24) is 9.97 Å². The van der Waals surface area contributed by atoms with Crippen molar-refractivity contribution >= 4 is 16.6 Å². The average molecular weight is 269 g/mol. The van der Waals surface area contributed by atoms with Crippen LogP contribution in [-0.2, 0) is 0 Å². The van der Waals surface area contributed by atoms with Gasteiger partial charge in [0.1, 0.15) is 17.9 Å². The molecule has 3 aromatic rings. The number of nitrogens with two attached hydrogens (primary N) is 1. The first kappa shape index (κ1) is 12.3. The zero-order valence-corrected chi connectivity index (χ0v) is 10.8. The normalized spacial score (nSPS) is 10.7. The Labute approximate surface area is 115 Å². The molecule has 0 atom stereocenters. The molecule has 0 aliphatic carbocycles. The third-order valence-electron chi connectivity index (χ3n) is 2.97. The molecule has 1 heterocycles. The van der Waals surface area contributed by atoms with Gasteiger partial charge in [0.25, 0.3) is 0 Å². The summed E-state index contributed by atoms with van der Waals surface area (Å²) in [5, 5.41) is 0.755. The summed E-state index contributed by atoms with van der Waals surface area (Å²) < 4.78 is 18.8. The Bertz CT molecular complexity index is 789. The number of anilines is 1. The molecule has 0 unspecified atom stereocenters. The van der Waals surface area contributed by atoms with Gasteiger partial charge in [0.15, 0.2) is 0 Å². The Balaban J connectivity index is 2.06.